The van der Waals surface area contributed by atoms with Crippen LogP contribution in [0.25, 0.3) is 5.69 Å². The third kappa shape index (κ3) is 3.46. The molecule has 130 valence electrons. The first kappa shape index (κ1) is 16.0. The number of aromatic nitrogens is 6. The minimum atomic E-state index is 0.474. The van der Waals surface area contributed by atoms with Crippen LogP contribution in [0, 0.1) is 13.8 Å². The molecule has 7 nitrogen and oxygen atoms in total. The van der Waals surface area contributed by atoms with Gasteiger partial charge in [-0.1, -0.05) is 23.4 Å². The number of para-hydroxylation sites is 1. The number of nitrogens with zero attached hydrogens (tertiary/aromatic N) is 7. The van der Waals surface area contributed by atoms with Crippen LogP contribution in [0.5, 0.6) is 0 Å². The molecule has 1 aliphatic heterocycles. The lowest BCUT2D eigenvalue weighted by atomic mass is 10.2. The van der Waals surface area contributed by atoms with Gasteiger partial charge in [0.2, 0.25) is 0 Å². The van der Waals surface area contributed by atoms with Crippen LogP contribution in [0.15, 0.2) is 36.5 Å². The summed E-state index contributed by atoms with van der Waals surface area (Å²) in [6, 6.07) is 10.6. The van der Waals surface area contributed by atoms with Gasteiger partial charge in [0.1, 0.15) is 11.6 Å². The summed E-state index contributed by atoms with van der Waals surface area (Å²) in [6.07, 6.45) is 4.42. The predicted molar refractivity (Wildman–Crippen MR) is 94.3 cm³/mol. The van der Waals surface area contributed by atoms with Crippen LogP contribution in [0.2, 0.25) is 0 Å². The molecule has 4 rings (SSSR count). The Morgan fingerprint density at radius 1 is 1.16 bits per heavy atom. The Hall–Kier alpha value is -2.54. The Balaban J connectivity index is 1.45. The fourth-order valence-corrected chi connectivity index (χ4v) is 3.53. The summed E-state index contributed by atoms with van der Waals surface area (Å²) in [7, 11) is 0. The first-order valence-electron chi connectivity index (χ1n) is 8.78. The van der Waals surface area contributed by atoms with Crippen LogP contribution >= 0.6 is 0 Å². The van der Waals surface area contributed by atoms with Gasteiger partial charge in [0.05, 0.1) is 24.1 Å². The number of aryl methyl sites for hydroxylation is 2. The number of hydrogen-bond donors (Lipinski definition) is 0. The molecule has 0 saturated carbocycles. The van der Waals surface area contributed by atoms with E-state index in [9.17, 15) is 0 Å². The van der Waals surface area contributed by atoms with E-state index in [1.807, 2.05) is 59.7 Å². The average Bonchev–Trinajstić information content (AvgIpc) is 3.32. The zero-order chi connectivity index (χ0) is 17.2. The lowest BCUT2D eigenvalue weighted by molar-refractivity contribution is 0.215. The fourth-order valence-electron chi connectivity index (χ4n) is 3.53. The van der Waals surface area contributed by atoms with Crippen LogP contribution in [0.3, 0.4) is 0 Å². The predicted octanol–water partition coefficient (Wildman–Crippen LogP) is 2.14. The fraction of sp³-hybridized carbons (Fsp3) is 0.444. The molecular formula is C18H23N7. The van der Waals surface area contributed by atoms with Crippen molar-refractivity contribution in [1.82, 2.24) is 34.7 Å². The molecule has 0 bridgehead atoms. The van der Waals surface area contributed by atoms with Gasteiger partial charge in [-0.25, -0.2) is 14.3 Å². The quantitative estimate of drug-likeness (QED) is 0.714. The highest BCUT2D eigenvalue weighted by atomic mass is 15.4. The Bertz CT molecular complexity index is 836. The minimum absolute atomic E-state index is 0.474. The van der Waals surface area contributed by atoms with Gasteiger partial charge in [-0.05, 0) is 45.4 Å². The molecule has 0 N–H and O–H groups in total. The molecule has 3 aromatic rings. The first-order chi connectivity index (χ1) is 12.2. The van der Waals surface area contributed by atoms with Crippen molar-refractivity contribution in [2.45, 2.75) is 45.8 Å². The normalized spacial score (nSPS) is 18.1. The topological polar surface area (TPSA) is 64.7 Å². The monoisotopic (exact) mass is 337 g/mol. The van der Waals surface area contributed by atoms with Gasteiger partial charge in [0, 0.05) is 12.6 Å². The van der Waals surface area contributed by atoms with Crippen LogP contribution in [0.1, 0.15) is 30.2 Å². The molecule has 0 aliphatic carbocycles. The van der Waals surface area contributed by atoms with E-state index < -0.39 is 0 Å². The van der Waals surface area contributed by atoms with E-state index in [4.69, 9.17) is 0 Å². The van der Waals surface area contributed by atoms with E-state index in [1.54, 1.807) is 0 Å². The van der Waals surface area contributed by atoms with E-state index in [0.29, 0.717) is 6.04 Å². The van der Waals surface area contributed by atoms with Crippen molar-refractivity contribution in [3.63, 3.8) is 0 Å². The largest absolute Gasteiger partial charge is 0.293 e. The minimum Gasteiger partial charge on any atom is -0.293 e. The van der Waals surface area contributed by atoms with Crippen LogP contribution in [-0.4, -0.2) is 47.2 Å². The van der Waals surface area contributed by atoms with Gasteiger partial charge in [0.15, 0.2) is 0 Å². The van der Waals surface area contributed by atoms with Crippen LogP contribution in [-0.2, 0) is 13.1 Å². The zero-order valence-electron chi connectivity index (χ0n) is 14.7. The number of rotatable bonds is 5. The summed E-state index contributed by atoms with van der Waals surface area (Å²) in [4.78, 5) is 6.89. The molecular weight excluding hydrogens is 314 g/mol. The molecule has 0 spiro atoms. The summed E-state index contributed by atoms with van der Waals surface area (Å²) in [5.74, 6) is 1.83. The van der Waals surface area contributed by atoms with E-state index in [2.05, 4.69) is 25.3 Å². The third-order valence-corrected chi connectivity index (χ3v) is 4.77. The molecule has 1 aromatic carbocycles. The Morgan fingerprint density at radius 2 is 2.00 bits per heavy atom. The van der Waals surface area contributed by atoms with E-state index in [0.717, 1.165) is 42.7 Å². The Kier molecular flexibility index (Phi) is 4.31. The second-order valence-corrected chi connectivity index (χ2v) is 6.64. The average molecular weight is 337 g/mol. The maximum absolute atomic E-state index is 4.51. The molecule has 0 amide bonds. The van der Waals surface area contributed by atoms with Crippen molar-refractivity contribution in [1.29, 1.82) is 0 Å². The van der Waals surface area contributed by atoms with E-state index in [-0.39, 0.29) is 0 Å². The maximum Gasteiger partial charge on any atom is 0.147 e. The Morgan fingerprint density at radius 3 is 2.76 bits per heavy atom. The van der Waals surface area contributed by atoms with Crippen LogP contribution in [0.4, 0.5) is 0 Å². The number of likely N-dealkylation sites (tertiary alicyclic amines) is 1. The smallest absolute Gasteiger partial charge is 0.147 e. The number of benzene rings is 1. The highest BCUT2D eigenvalue weighted by molar-refractivity contribution is 5.29. The van der Waals surface area contributed by atoms with E-state index >= 15 is 0 Å². The van der Waals surface area contributed by atoms with Crippen molar-refractivity contribution in [2.75, 3.05) is 6.54 Å². The lowest BCUT2D eigenvalue weighted by Gasteiger charge is -2.23. The van der Waals surface area contributed by atoms with Crippen molar-refractivity contribution in [2.24, 2.45) is 0 Å². The number of hydrogen-bond acceptors (Lipinski definition) is 5. The summed E-state index contributed by atoms with van der Waals surface area (Å²) in [5.41, 5.74) is 2.04. The SMILES string of the molecule is Cc1nc(C)n(C[C@@H]2CCCN2Cc2cn(-c3ccccc3)nn2)n1. The summed E-state index contributed by atoms with van der Waals surface area (Å²) < 4.78 is 3.87. The highest BCUT2D eigenvalue weighted by Gasteiger charge is 2.26. The van der Waals surface area contributed by atoms with E-state index in [1.165, 1.54) is 12.8 Å². The Labute approximate surface area is 147 Å². The molecule has 3 heterocycles. The second kappa shape index (κ2) is 6.76. The van der Waals surface area contributed by atoms with Crippen molar-refractivity contribution in [3.05, 3.63) is 53.9 Å². The standard InChI is InChI=1S/C18H23N7/c1-14-19-15(2)24(21-14)13-18-9-6-10-23(18)11-16-12-25(22-20-16)17-7-4-3-5-8-17/h3-5,7-8,12,18H,6,9-11,13H2,1-2H3/t18-/m0/s1. The molecule has 2 aromatic heterocycles. The van der Waals surface area contributed by atoms with Crippen molar-refractivity contribution < 1.29 is 0 Å². The van der Waals surface area contributed by atoms with Crippen molar-refractivity contribution in [3.8, 4) is 5.69 Å². The highest BCUT2D eigenvalue weighted by Crippen LogP contribution is 2.21. The van der Waals surface area contributed by atoms with Gasteiger partial charge in [-0.3, -0.25) is 4.90 Å². The third-order valence-electron chi connectivity index (χ3n) is 4.77. The molecule has 1 aliphatic rings. The first-order valence-corrected chi connectivity index (χ1v) is 8.78. The second-order valence-electron chi connectivity index (χ2n) is 6.64. The molecule has 0 unspecified atom stereocenters. The summed E-state index contributed by atoms with van der Waals surface area (Å²) in [5, 5.41) is 13.1. The van der Waals surface area contributed by atoms with Gasteiger partial charge < -0.3 is 0 Å². The molecule has 1 fully saturated rings. The zero-order valence-corrected chi connectivity index (χ0v) is 14.7. The van der Waals surface area contributed by atoms with Crippen LogP contribution < -0.4 is 0 Å². The molecule has 25 heavy (non-hydrogen) atoms. The summed E-state index contributed by atoms with van der Waals surface area (Å²) >= 11 is 0. The lowest BCUT2D eigenvalue weighted by Crippen LogP contribution is -2.33. The maximum atomic E-state index is 4.51. The molecule has 7 heteroatoms. The van der Waals surface area contributed by atoms with Gasteiger partial charge in [-0.15, -0.1) is 5.10 Å². The van der Waals surface area contributed by atoms with Crippen molar-refractivity contribution >= 4 is 0 Å². The summed E-state index contributed by atoms with van der Waals surface area (Å²) in [6.45, 7) is 6.77. The van der Waals surface area contributed by atoms with Gasteiger partial charge in [-0.2, -0.15) is 5.10 Å². The molecule has 0 radical (unpaired) electrons. The molecule has 1 atom stereocenters. The van der Waals surface area contributed by atoms with Gasteiger partial charge in [0.25, 0.3) is 0 Å². The molecule has 1 saturated heterocycles. The van der Waals surface area contributed by atoms with Gasteiger partial charge >= 0.3 is 0 Å².